The van der Waals surface area contributed by atoms with E-state index in [1.807, 2.05) is 0 Å². The van der Waals surface area contributed by atoms with Gasteiger partial charge in [-0.25, -0.2) is 0 Å². The van der Waals surface area contributed by atoms with E-state index >= 15 is 0 Å². The molecule has 1 aromatic carbocycles. The number of benzene rings is 1. The molecular formula is C21H25ClN2O3S. The van der Waals surface area contributed by atoms with E-state index < -0.39 is 5.91 Å². The Morgan fingerprint density at radius 1 is 1.29 bits per heavy atom. The molecule has 5 nitrogen and oxygen atoms in total. The number of anilines is 1. The Balaban J connectivity index is 1.73. The van der Waals surface area contributed by atoms with Gasteiger partial charge in [0.15, 0.2) is 6.61 Å². The number of hydrogen-bond acceptors (Lipinski definition) is 4. The van der Waals surface area contributed by atoms with Crippen LogP contribution in [0.2, 0.25) is 5.02 Å². The van der Waals surface area contributed by atoms with E-state index in [1.165, 1.54) is 11.3 Å². The zero-order valence-corrected chi connectivity index (χ0v) is 17.9. The van der Waals surface area contributed by atoms with Crippen LogP contribution in [0.5, 0.6) is 5.75 Å². The van der Waals surface area contributed by atoms with E-state index in [-0.39, 0.29) is 17.9 Å². The quantitative estimate of drug-likeness (QED) is 0.737. The molecule has 1 aliphatic carbocycles. The predicted molar refractivity (Wildman–Crippen MR) is 113 cm³/mol. The molecule has 1 heterocycles. The first-order chi connectivity index (χ1) is 13.1. The topological polar surface area (TPSA) is 81.4 Å². The van der Waals surface area contributed by atoms with Gasteiger partial charge in [0.25, 0.3) is 11.8 Å². The SMILES string of the molecule is CC(C)(C)C1CCc2c(sc(NC(=O)COc3ccc(Cl)cc3)c2C(N)=O)C1. The van der Waals surface area contributed by atoms with Gasteiger partial charge < -0.3 is 15.8 Å². The molecule has 2 amide bonds. The highest BCUT2D eigenvalue weighted by atomic mass is 35.5. The van der Waals surface area contributed by atoms with Gasteiger partial charge in [0.2, 0.25) is 0 Å². The number of halogens is 1. The summed E-state index contributed by atoms with van der Waals surface area (Å²) in [5, 5.41) is 3.93. The number of carbonyl (C=O) groups excluding carboxylic acids is 2. The summed E-state index contributed by atoms with van der Waals surface area (Å²) in [6, 6.07) is 6.78. The third kappa shape index (κ3) is 4.67. The second-order valence-corrected chi connectivity index (χ2v) is 9.71. The molecule has 0 saturated carbocycles. The summed E-state index contributed by atoms with van der Waals surface area (Å²) in [5.41, 5.74) is 7.27. The van der Waals surface area contributed by atoms with E-state index in [9.17, 15) is 9.59 Å². The zero-order chi connectivity index (χ0) is 20.5. The van der Waals surface area contributed by atoms with Crippen molar-refractivity contribution in [2.75, 3.05) is 11.9 Å². The molecule has 7 heteroatoms. The maximum Gasteiger partial charge on any atom is 0.262 e. The van der Waals surface area contributed by atoms with Crippen molar-refractivity contribution in [3.63, 3.8) is 0 Å². The van der Waals surface area contributed by atoms with Crippen LogP contribution >= 0.6 is 22.9 Å². The normalized spacial score (nSPS) is 16.4. The summed E-state index contributed by atoms with van der Waals surface area (Å²) in [6.07, 6.45) is 2.73. The zero-order valence-electron chi connectivity index (χ0n) is 16.3. The Morgan fingerprint density at radius 2 is 1.96 bits per heavy atom. The van der Waals surface area contributed by atoms with Gasteiger partial charge in [0.1, 0.15) is 10.8 Å². The lowest BCUT2D eigenvalue weighted by Gasteiger charge is -2.33. The number of fused-ring (bicyclic) bond motifs is 1. The van der Waals surface area contributed by atoms with Gasteiger partial charge in [0.05, 0.1) is 5.56 Å². The molecule has 0 fully saturated rings. The van der Waals surface area contributed by atoms with Crippen molar-refractivity contribution in [2.45, 2.75) is 40.0 Å². The molecule has 150 valence electrons. The second-order valence-electron chi connectivity index (χ2n) is 8.17. The Morgan fingerprint density at radius 3 is 2.57 bits per heavy atom. The number of rotatable bonds is 5. The third-order valence-corrected chi connectivity index (χ3v) is 6.59. The number of carbonyl (C=O) groups is 2. The van der Waals surface area contributed by atoms with Gasteiger partial charge in [0, 0.05) is 9.90 Å². The van der Waals surface area contributed by atoms with E-state index in [0.717, 1.165) is 29.7 Å². The second kappa shape index (κ2) is 8.13. The van der Waals surface area contributed by atoms with Crippen molar-refractivity contribution in [3.05, 3.63) is 45.3 Å². The third-order valence-electron chi connectivity index (χ3n) is 5.17. The van der Waals surface area contributed by atoms with Crippen LogP contribution in [0, 0.1) is 11.3 Å². The summed E-state index contributed by atoms with van der Waals surface area (Å²) >= 11 is 7.30. The molecule has 1 aromatic heterocycles. The fourth-order valence-corrected chi connectivity index (χ4v) is 4.99. The number of nitrogens with one attached hydrogen (secondary N) is 1. The minimum atomic E-state index is -0.499. The lowest BCUT2D eigenvalue weighted by atomic mass is 9.72. The minimum Gasteiger partial charge on any atom is -0.484 e. The fraction of sp³-hybridized carbons (Fsp3) is 0.429. The average Bonchev–Trinajstić information content (AvgIpc) is 2.97. The van der Waals surface area contributed by atoms with Gasteiger partial charge in [-0.3, -0.25) is 9.59 Å². The first-order valence-electron chi connectivity index (χ1n) is 9.27. The lowest BCUT2D eigenvalue weighted by Crippen LogP contribution is -2.27. The molecule has 0 saturated heterocycles. The van der Waals surface area contributed by atoms with Crippen molar-refractivity contribution in [3.8, 4) is 5.75 Å². The first-order valence-corrected chi connectivity index (χ1v) is 10.5. The van der Waals surface area contributed by atoms with Crippen molar-refractivity contribution in [1.82, 2.24) is 0 Å². The van der Waals surface area contributed by atoms with Crippen LogP contribution in [-0.2, 0) is 17.6 Å². The van der Waals surface area contributed by atoms with E-state index in [2.05, 4.69) is 26.1 Å². The van der Waals surface area contributed by atoms with Crippen LogP contribution in [0.25, 0.3) is 0 Å². The number of amides is 2. The summed E-state index contributed by atoms with van der Waals surface area (Å²) in [4.78, 5) is 25.6. The maximum atomic E-state index is 12.4. The highest BCUT2D eigenvalue weighted by Gasteiger charge is 2.33. The average molecular weight is 421 g/mol. The summed E-state index contributed by atoms with van der Waals surface area (Å²) in [7, 11) is 0. The number of ether oxygens (including phenoxy) is 1. The highest BCUT2D eigenvalue weighted by Crippen LogP contribution is 2.44. The van der Waals surface area contributed by atoms with Gasteiger partial charge >= 0.3 is 0 Å². The molecule has 3 rings (SSSR count). The molecule has 1 unspecified atom stereocenters. The monoisotopic (exact) mass is 420 g/mol. The Bertz CT molecular complexity index is 884. The van der Waals surface area contributed by atoms with Gasteiger partial charge in [-0.05, 0) is 60.4 Å². The van der Waals surface area contributed by atoms with Crippen molar-refractivity contribution < 1.29 is 14.3 Å². The van der Waals surface area contributed by atoms with Crippen molar-refractivity contribution >= 4 is 39.8 Å². The largest absolute Gasteiger partial charge is 0.484 e. The van der Waals surface area contributed by atoms with Crippen LogP contribution in [0.15, 0.2) is 24.3 Å². The standard InChI is InChI=1S/C21H25ClN2O3S/c1-21(2,3)12-4-9-15-16(10-12)28-20(18(15)19(23)26)24-17(25)11-27-14-7-5-13(22)6-8-14/h5-8,12H,4,9-11H2,1-3H3,(H2,23,26)(H,24,25). The van der Waals surface area contributed by atoms with Gasteiger partial charge in [-0.2, -0.15) is 0 Å². The molecule has 0 bridgehead atoms. The number of primary amides is 1. The van der Waals surface area contributed by atoms with E-state index in [4.69, 9.17) is 22.1 Å². The molecule has 3 N–H and O–H groups in total. The molecule has 1 atom stereocenters. The van der Waals surface area contributed by atoms with Crippen molar-refractivity contribution in [2.24, 2.45) is 17.1 Å². The van der Waals surface area contributed by atoms with Crippen LogP contribution in [0.3, 0.4) is 0 Å². The van der Waals surface area contributed by atoms with E-state index in [1.54, 1.807) is 24.3 Å². The van der Waals surface area contributed by atoms with E-state index in [0.29, 0.717) is 27.3 Å². The highest BCUT2D eigenvalue weighted by molar-refractivity contribution is 7.17. The molecule has 28 heavy (non-hydrogen) atoms. The van der Waals surface area contributed by atoms with Gasteiger partial charge in [-0.1, -0.05) is 32.4 Å². The maximum absolute atomic E-state index is 12.4. The Labute approximate surface area is 174 Å². The lowest BCUT2D eigenvalue weighted by molar-refractivity contribution is -0.118. The summed E-state index contributed by atoms with van der Waals surface area (Å²) < 4.78 is 5.48. The Hall–Kier alpha value is -2.05. The number of hydrogen-bond donors (Lipinski definition) is 2. The molecular weight excluding hydrogens is 396 g/mol. The molecule has 0 aliphatic heterocycles. The Kier molecular flexibility index (Phi) is 6.01. The number of thiophene rings is 1. The molecule has 0 radical (unpaired) electrons. The predicted octanol–water partition coefficient (Wildman–Crippen LogP) is 4.67. The van der Waals surface area contributed by atoms with Crippen LogP contribution in [0.4, 0.5) is 5.00 Å². The summed E-state index contributed by atoms with van der Waals surface area (Å²) in [5.74, 6) is 0.258. The smallest absolute Gasteiger partial charge is 0.262 e. The molecule has 2 aromatic rings. The fourth-order valence-electron chi connectivity index (χ4n) is 3.52. The van der Waals surface area contributed by atoms with Crippen molar-refractivity contribution in [1.29, 1.82) is 0 Å². The molecule has 1 aliphatic rings. The summed E-state index contributed by atoms with van der Waals surface area (Å²) in [6.45, 7) is 6.55. The number of nitrogens with two attached hydrogens (primary N) is 1. The first kappa shape index (κ1) is 20.7. The molecule has 0 spiro atoms. The minimum absolute atomic E-state index is 0.160. The van der Waals surface area contributed by atoms with Gasteiger partial charge in [-0.15, -0.1) is 11.3 Å². The van der Waals surface area contributed by atoms with Crippen LogP contribution in [0.1, 0.15) is 48.0 Å². The van der Waals surface area contributed by atoms with Crippen LogP contribution < -0.4 is 15.8 Å². The van der Waals surface area contributed by atoms with Crippen LogP contribution in [-0.4, -0.2) is 18.4 Å².